The number of rotatable bonds is 6. The third-order valence-corrected chi connectivity index (χ3v) is 4.12. The second-order valence-corrected chi connectivity index (χ2v) is 5.61. The maximum absolute atomic E-state index is 3.62. The minimum atomic E-state index is 0.645. The van der Waals surface area contributed by atoms with Crippen molar-refractivity contribution in [1.29, 1.82) is 0 Å². The van der Waals surface area contributed by atoms with Crippen LogP contribution in [0.4, 0.5) is 0 Å². The van der Waals surface area contributed by atoms with Crippen molar-refractivity contribution in [2.45, 2.75) is 33.1 Å². The first-order valence-electron chi connectivity index (χ1n) is 5.32. The van der Waals surface area contributed by atoms with Gasteiger partial charge in [-0.15, -0.1) is 0 Å². The van der Waals surface area contributed by atoms with E-state index in [4.69, 9.17) is 0 Å². The first-order valence-corrected chi connectivity index (χ1v) is 6.45. The number of nitrogens with zero attached hydrogens (tertiary/aromatic N) is 1. The maximum Gasteiger partial charge on any atom is 0.0100 e. The Kier molecular flexibility index (Phi) is 4.24. The predicted octanol–water partition coefficient (Wildman–Crippen LogP) is 3.14. The van der Waals surface area contributed by atoms with Crippen LogP contribution in [0.1, 0.15) is 33.1 Å². The summed E-state index contributed by atoms with van der Waals surface area (Å²) in [4.78, 5) is 2.49. The summed E-state index contributed by atoms with van der Waals surface area (Å²) in [7, 11) is 2.26. The molecule has 1 saturated carbocycles. The quantitative estimate of drug-likeness (QED) is 0.653. The Labute approximate surface area is 91.0 Å². The van der Waals surface area contributed by atoms with Crippen LogP contribution in [0.15, 0.2) is 0 Å². The molecule has 0 N–H and O–H groups in total. The molecule has 78 valence electrons. The van der Waals surface area contributed by atoms with E-state index < -0.39 is 0 Å². The first kappa shape index (κ1) is 11.5. The molecule has 0 aliphatic heterocycles. The SMILES string of the molecule is CC(C)CCN(C)CC1(CBr)CC1. The zero-order valence-electron chi connectivity index (χ0n) is 9.15. The van der Waals surface area contributed by atoms with Gasteiger partial charge in [-0.1, -0.05) is 29.8 Å². The molecular formula is C11H22BrN. The van der Waals surface area contributed by atoms with Crippen LogP contribution in [-0.4, -0.2) is 30.4 Å². The predicted molar refractivity (Wildman–Crippen MR) is 62.4 cm³/mol. The average Bonchev–Trinajstić information content (AvgIpc) is 2.82. The molecular weight excluding hydrogens is 226 g/mol. The van der Waals surface area contributed by atoms with Gasteiger partial charge in [-0.05, 0) is 44.2 Å². The summed E-state index contributed by atoms with van der Waals surface area (Å²) >= 11 is 3.62. The van der Waals surface area contributed by atoms with Crippen molar-refractivity contribution in [2.24, 2.45) is 11.3 Å². The highest BCUT2D eigenvalue weighted by atomic mass is 79.9. The molecule has 1 nitrogen and oxygen atoms in total. The van der Waals surface area contributed by atoms with Crippen molar-refractivity contribution in [2.75, 3.05) is 25.5 Å². The molecule has 2 heteroatoms. The number of alkyl halides is 1. The van der Waals surface area contributed by atoms with Gasteiger partial charge in [0.25, 0.3) is 0 Å². The minimum absolute atomic E-state index is 0.645. The summed E-state index contributed by atoms with van der Waals surface area (Å²) < 4.78 is 0. The lowest BCUT2D eigenvalue weighted by atomic mass is 10.1. The Morgan fingerprint density at radius 1 is 1.38 bits per heavy atom. The standard InChI is InChI=1S/C11H22BrN/c1-10(2)4-7-13(3)9-11(8-12)5-6-11/h10H,4-9H2,1-3H3. The number of hydrogen-bond acceptors (Lipinski definition) is 1. The molecule has 0 unspecified atom stereocenters. The molecule has 1 fully saturated rings. The molecule has 1 aliphatic rings. The summed E-state index contributed by atoms with van der Waals surface area (Å²) in [6, 6.07) is 0. The molecule has 0 bridgehead atoms. The van der Waals surface area contributed by atoms with E-state index in [2.05, 4.69) is 41.7 Å². The number of hydrogen-bond donors (Lipinski definition) is 0. The summed E-state index contributed by atoms with van der Waals surface area (Å²) in [5, 5.41) is 1.19. The average molecular weight is 248 g/mol. The monoisotopic (exact) mass is 247 g/mol. The van der Waals surface area contributed by atoms with Crippen LogP contribution < -0.4 is 0 Å². The second-order valence-electron chi connectivity index (χ2n) is 5.05. The van der Waals surface area contributed by atoms with Crippen LogP contribution in [-0.2, 0) is 0 Å². The highest BCUT2D eigenvalue weighted by Crippen LogP contribution is 2.47. The van der Waals surface area contributed by atoms with Gasteiger partial charge in [-0.2, -0.15) is 0 Å². The summed E-state index contributed by atoms with van der Waals surface area (Å²) in [5.41, 5.74) is 0.645. The van der Waals surface area contributed by atoms with Gasteiger partial charge in [0.1, 0.15) is 0 Å². The van der Waals surface area contributed by atoms with Crippen LogP contribution in [0.25, 0.3) is 0 Å². The van der Waals surface area contributed by atoms with E-state index in [0.29, 0.717) is 5.41 Å². The van der Waals surface area contributed by atoms with Gasteiger partial charge in [-0.3, -0.25) is 0 Å². The second kappa shape index (κ2) is 4.79. The minimum Gasteiger partial charge on any atom is -0.306 e. The van der Waals surface area contributed by atoms with E-state index in [9.17, 15) is 0 Å². The Morgan fingerprint density at radius 2 is 2.00 bits per heavy atom. The molecule has 0 atom stereocenters. The molecule has 0 aromatic heterocycles. The summed E-state index contributed by atoms with van der Waals surface area (Å²) in [6.07, 6.45) is 4.17. The molecule has 0 amide bonds. The molecule has 0 aromatic rings. The van der Waals surface area contributed by atoms with Crippen molar-refractivity contribution in [3.63, 3.8) is 0 Å². The van der Waals surface area contributed by atoms with Gasteiger partial charge in [0.15, 0.2) is 0 Å². The van der Waals surface area contributed by atoms with Gasteiger partial charge in [0.05, 0.1) is 0 Å². The van der Waals surface area contributed by atoms with Crippen LogP contribution in [0.2, 0.25) is 0 Å². The van der Waals surface area contributed by atoms with Gasteiger partial charge in [-0.25, -0.2) is 0 Å². The first-order chi connectivity index (χ1) is 6.08. The molecule has 13 heavy (non-hydrogen) atoms. The van der Waals surface area contributed by atoms with Crippen molar-refractivity contribution in [1.82, 2.24) is 4.90 Å². The zero-order valence-corrected chi connectivity index (χ0v) is 10.7. The highest BCUT2D eigenvalue weighted by molar-refractivity contribution is 9.09. The van der Waals surface area contributed by atoms with Crippen LogP contribution in [0.3, 0.4) is 0 Å². The maximum atomic E-state index is 3.62. The van der Waals surface area contributed by atoms with Crippen LogP contribution in [0, 0.1) is 11.3 Å². The van der Waals surface area contributed by atoms with E-state index in [1.807, 2.05) is 0 Å². The molecule has 1 aliphatic carbocycles. The van der Waals surface area contributed by atoms with Gasteiger partial charge < -0.3 is 4.90 Å². The Morgan fingerprint density at radius 3 is 2.38 bits per heavy atom. The van der Waals surface area contributed by atoms with Crippen LogP contribution >= 0.6 is 15.9 Å². The third-order valence-electron chi connectivity index (χ3n) is 2.93. The summed E-state index contributed by atoms with van der Waals surface area (Å²) in [5.74, 6) is 0.835. The third kappa shape index (κ3) is 3.99. The number of halogens is 1. The molecule has 0 heterocycles. The molecule has 0 saturated heterocycles. The van der Waals surface area contributed by atoms with Crippen molar-refractivity contribution in [3.8, 4) is 0 Å². The van der Waals surface area contributed by atoms with Crippen molar-refractivity contribution >= 4 is 15.9 Å². The van der Waals surface area contributed by atoms with Crippen molar-refractivity contribution in [3.05, 3.63) is 0 Å². The lowest BCUT2D eigenvalue weighted by Crippen LogP contribution is -2.29. The topological polar surface area (TPSA) is 3.24 Å². The fourth-order valence-electron chi connectivity index (χ4n) is 1.64. The molecule has 1 rings (SSSR count). The smallest absolute Gasteiger partial charge is 0.0100 e. The lowest BCUT2D eigenvalue weighted by molar-refractivity contribution is 0.263. The van der Waals surface area contributed by atoms with Crippen molar-refractivity contribution < 1.29 is 0 Å². The van der Waals surface area contributed by atoms with E-state index >= 15 is 0 Å². The van der Waals surface area contributed by atoms with Crippen LogP contribution in [0.5, 0.6) is 0 Å². The Bertz CT molecular complexity index is 152. The lowest BCUT2D eigenvalue weighted by Gasteiger charge is -2.22. The normalized spacial score (nSPS) is 19.8. The fourth-order valence-corrected chi connectivity index (χ4v) is 2.38. The van der Waals surface area contributed by atoms with Gasteiger partial charge in [0, 0.05) is 11.9 Å². The Hall–Kier alpha value is 0.440. The van der Waals surface area contributed by atoms with E-state index in [1.54, 1.807) is 0 Å². The zero-order chi connectivity index (χ0) is 9.90. The highest BCUT2D eigenvalue weighted by Gasteiger charge is 2.41. The molecule has 0 aromatic carbocycles. The van der Waals surface area contributed by atoms with E-state index in [1.165, 1.54) is 37.7 Å². The molecule has 0 radical (unpaired) electrons. The molecule has 0 spiro atoms. The Balaban J connectivity index is 2.14. The largest absolute Gasteiger partial charge is 0.306 e. The van der Waals surface area contributed by atoms with E-state index in [-0.39, 0.29) is 0 Å². The van der Waals surface area contributed by atoms with E-state index in [0.717, 1.165) is 5.92 Å². The fraction of sp³-hybridized carbons (Fsp3) is 1.00. The van der Waals surface area contributed by atoms with Gasteiger partial charge >= 0.3 is 0 Å². The van der Waals surface area contributed by atoms with Gasteiger partial charge in [0.2, 0.25) is 0 Å². The summed E-state index contributed by atoms with van der Waals surface area (Å²) in [6.45, 7) is 7.13.